The van der Waals surface area contributed by atoms with E-state index in [0.29, 0.717) is 17.6 Å². The van der Waals surface area contributed by atoms with Gasteiger partial charge in [0.25, 0.3) is 0 Å². The first-order chi connectivity index (χ1) is 9.40. The molecule has 0 radical (unpaired) electrons. The number of nitrogens with one attached hydrogen (secondary N) is 1. The minimum Gasteiger partial charge on any atom is -0.392 e. The molecule has 0 aliphatic heterocycles. The summed E-state index contributed by atoms with van der Waals surface area (Å²) in [6.45, 7) is 6.02. The highest BCUT2D eigenvalue weighted by Gasteiger charge is 2.41. The molecule has 4 nitrogen and oxygen atoms in total. The van der Waals surface area contributed by atoms with Gasteiger partial charge in [0.15, 0.2) is 0 Å². The molecule has 1 rings (SSSR count). The molecule has 1 fully saturated rings. The highest BCUT2D eigenvalue weighted by molar-refractivity contribution is 7.80. The molecule has 1 amide bonds. The summed E-state index contributed by atoms with van der Waals surface area (Å²) < 4.78 is 0. The van der Waals surface area contributed by atoms with Crippen LogP contribution in [0.25, 0.3) is 0 Å². The van der Waals surface area contributed by atoms with Crippen LogP contribution in [0.15, 0.2) is 0 Å². The fraction of sp³-hybridized carbons (Fsp3) is 0.867. The van der Waals surface area contributed by atoms with E-state index in [0.717, 1.165) is 38.6 Å². The third-order valence-corrected chi connectivity index (χ3v) is 4.86. The Bertz CT molecular complexity index is 338. The predicted octanol–water partition coefficient (Wildman–Crippen LogP) is 2.07. The number of hydrogen-bond acceptors (Lipinski definition) is 3. The largest absolute Gasteiger partial charge is 0.392 e. The van der Waals surface area contributed by atoms with Crippen molar-refractivity contribution in [2.45, 2.75) is 58.4 Å². The SMILES string of the molecule is CC(C)N(C)CCCNC(=O)C1(C(N)=S)CCCCC1. The van der Waals surface area contributed by atoms with E-state index < -0.39 is 5.41 Å². The third-order valence-electron chi connectivity index (χ3n) is 4.47. The highest BCUT2D eigenvalue weighted by atomic mass is 32.1. The second-order valence-corrected chi connectivity index (χ2v) is 6.63. The Morgan fingerprint density at radius 3 is 2.45 bits per heavy atom. The molecule has 0 aromatic rings. The molecule has 20 heavy (non-hydrogen) atoms. The van der Waals surface area contributed by atoms with Gasteiger partial charge in [-0.2, -0.15) is 0 Å². The van der Waals surface area contributed by atoms with Gasteiger partial charge in [-0.05, 0) is 46.7 Å². The van der Waals surface area contributed by atoms with Crippen molar-refractivity contribution < 1.29 is 4.79 Å². The van der Waals surface area contributed by atoms with Gasteiger partial charge in [0.1, 0.15) is 0 Å². The maximum absolute atomic E-state index is 12.4. The van der Waals surface area contributed by atoms with Gasteiger partial charge >= 0.3 is 0 Å². The van der Waals surface area contributed by atoms with E-state index >= 15 is 0 Å². The van der Waals surface area contributed by atoms with Crippen LogP contribution in [0.3, 0.4) is 0 Å². The average molecular weight is 299 g/mol. The molecule has 0 unspecified atom stereocenters. The Kier molecular flexibility index (Phi) is 6.89. The Morgan fingerprint density at radius 2 is 1.95 bits per heavy atom. The number of hydrogen-bond donors (Lipinski definition) is 2. The molecular formula is C15H29N3OS. The third kappa shape index (κ3) is 4.42. The van der Waals surface area contributed by atoms with Crippen molar-refractivity contribution in [2.75, 3.05) is 20.1 Å². The van der Waals surface area contributed by atoms with Crippen molar-refractivity contribution >= 4 is 23.1 Å². The molecule has 5 heteroatoms. The van der Waals surface area contributed by atoms with Gasteiger partial charge in [0.05, 0.1) is 10.4 Å². The van der Waals surface area contributed by atoms with Crippen molar-refractivity contribution in [3.8, 4) is 0 Å². The summed E-state index contributed by atoms with van der Waals surface area (Å²) >= 11 is 5.17. The zero-order chi connectivity index (χ0) is 15.2. The van der Waals surface area contributed by atoms with Gasteiger partial charge in [-0.15, -0.1) is 0 Å². The molecule has 0 bridgehead atoms. The summed E-state index contributed by atoms with van der Waals surface area (Å²) in [4.78, 5) is 15.1. The van der Waals surface area contributed by atoms with Crippen molar-refractivity contribution in [1.82, 2.24) is 10.2 Å². The minimum atomic E-state index is -0.586. The van der Waals surface area contributed by atoms with E-state index in [2.05, 4.69) is 31.1 Å². The maximum atomic E-state index is 12.4. The first kappa shape index (κ1) is 17.4. The molecule has 0 aromatic heterocycles. The smallest absolute Gasteiger partial charge is 0.233 e. The number of nitrogens with zero attached hydrogens (tertiary/aromatic N) is 1. The second kappa shape index (κ2) is 7.93. The molecule has 0 spiro atoms. The van der Waals surface area contributed by atoms with E-state index in [4.69, 9.17) is 18.0 Å². The molecule has 3 N–H and O–H groups in total. The topological polar surface area (TPSA) is 58.4 Å². The van der Waals surface area contributed by atoms with Gasteiger partial charge in [0, 0.05) is 12.6 Å². The summed E-state index contributed by atoms with van der Waals surface area (Å²) in [7, 11) is 2.10. The summed E-state index contributed by atoms with van der Waals surface area (Å²) in [6, 6.07) is 0.534. The molecular weight excluding hydrogens is 270 g/mol. The van der Waals surface area contributed by atoms with Gasteiger partial charge in [0.2, 0.25) is 5.91 Å². The van der Waals surface area contributed by atoms with Crippen LogP contribution in [0.5, 0.6) is 0 Å². The van der Waals surface area contributed by atoms with Gasteiger partial charge in [-0.3, -0.25) is 4.79 Å². The molecule has 0 aromatic carbocycles. The zero-order valence-corrected chi connectivity index (χ0v) is 13.9. The van der Waals surface area contributed by atoms with Crippen LogP contribution in [0.1, 0.15) is 52.4 Å². The van der Waals surface area contributed by atoms with Crippen molar-refractivity contribution in [2.24, 2.45) is 11.1 Å². The monoisotopic (exact) mass is 299 g/mol. The molecule has 1 aliphatic carbocycles. The fourth-order valence-corrected chi connectivity index (χ4v) is 3.00. The van der Waals surface area contributed by atoms with Crippen LogP contribution in [-0.2, 0) is 4.79 Å². The lowest BCUT2D eigenvalue weighted by atomic mass is 9.73. The minimum absolute atomic E-state index is 0.0388. The highest BCUT2D eigenvalue weighted by Crippen LogP contribution is 2.36. The first-order valence-electron chi connectivity index (χ1n) is 7.68. The molecule has 1 saturated carbocycles. The zero-order valence-electron chi connectivity index (χ0n) is 13.1. The standard InChI is InChI=1S/C15H29N3OS/c1-12(2)18(3)11-7-10-17-14(19)15(13(16)20)8-5-4-6-9-15/h12H,4-11H2,1-3H3,(H2,16,20)(H,17,19). The van der Waals surface area contributed by atoms with Crippen LogP contribution in [0.2, 0.25) is 0 Å². The predicted molar refractivity (Wildman–Crippen MR) is 87.7 cm³/mol. The maximum Gasteiger partial charge on any atom is 0.233 e. The molecule has 0 saturated heterocycles. The summed E-state index contributed by atoms with van der Waals surface area (Å²) in [6.07, 6.45) is 5.83. The molecule has 1 aliphatic rings. The normalized spacial score (nSPS) is 18.2. The molecule has 0 atom stereocenters. The lowest BCUT2D eigenvalue weighted by molar-refractivity contribution is -0.128. The van der Waals surface area contributed by atoms with Crippen LogP contribution < -0.4 is 11.1 Å². The second-order valence-electron chi connectivity index (χ2n) is 6.19. The Balaban J connectivity index is 2.42. The van der Waals surface area contributed by atoms with E-state index in [-0.39, 0.29) is 5.91 Å². The van der Waals surface area contributed by atoms with Crippen LogP contribution in [0.4, 0.5) is 0 Å². The fourth-order valence-electron chi connectivity index (χ4n) is 2.70. The summed E-state index contributed by atoms with van der Waals surface area (Å²) in [5.41, 5.74) is 5.27. The molecule has 116 valence electrons. The van der Waals surface area contributed by atoms with Gasteiger partial charge < -0.3 is 16.0 Å². The Labute approximate surface area is 128 Å². The summed E-state index contributed by atoms with van der Waals surface area (Å²) in [5.74, 6) is 0.0388. The average Bonchev–Trinajstić information content (AvgIpc) is 2.43. The quantitative estimate of drug-likeness (QED) is 0.558. The lowest BCUT2D eigenvalue weighted by Gasteiger charge is -2.34. The Morgan fingerprint density at radius 1 is 1.35 bits per heavy atom. The lowest BCUT2D eigenvalue weighted by Crippen LogP contribution is -2.50. The van der Waals surface area contributed by atoms with Crippen LogP contribution >= 0.6 is 12.2 Å². The number of carbonyl (C=O) groups is 1. The van der Waals surface area contributed by atoms with E-state index in [9.17, 15) is 4.79 Å². The number of amides is 1. The number of carbonyl (C=O) groups excluding carboxylic acids is 1. The van der Waals surface area contributed by atoms with Gasteiger partial charge in [-0.1, -0.05) is 31.5 Å². The van der Waals surface area contributed by atoms with Gasteiger partial charge in [-0.25, -0.2) is 0 Å². The van der Waals surface area contributed by atoms with Crippen LogP contribution in [0, 0.1) is 5.41 Å². The molecule has 0 heterocycles. The number of nitrogens with two attached hydrogens (primary N) is 1. The van der Waals surface area contributed by atoms with E-state index in [1.165, 1.54) is 6.42 Å². The van der Waals surface area contributed by atoms with E-state index in [1.54, 1.807) is 0 Å². The van der Waals surface area contributed by atoms with Crippen molar-refractivity contribution in [3.05, 3.63) is 0 Å². The first-order valence-corrected chi connectivity index (χ1v) is 8.09. The van der Waals surface area contributed by atoms with Crippen LogP contribution in [-0.4, -0.2) is 42.0 Å². The number of thiocarbonyl (C=S) groups is 1. The van der Waals surface area contributed by atoms with Crippen molar-refractivity contribution in [1.29, 1.82) is 0 Å². The number of rotatable bonds is 7. The van der Waals surface area contributed by atoms with E-state index in [1.807, 2.05) is 0 Å². The van der Waals surface area contributed by atoms with Crippen molar-refractivity contribution in [3.63, 3.8) is 0 Å². The Hall–Kier alpha value is -0.680. The summed E-state index contributed by atoms with van der Waals surface area (Å²) in [5, 5.41) is 3.04.